The highest BCUT2D eigenvalue weighted by Gasteiger charge is 2.37. The van der Waals surface area contributed by atoms with Crippen LogP contribution in [0.5, 0.6) is 0 Å². The summed E-state index contributed by atoms with van der Waals surface area (Å²) >= 11 is 0. The minimum Gasteiger partial charge on any atom is -0.309 e. The lowest BCUT2D eigenvalue weighted by molar-refractivity contribution is 0.661. The van der Waals surface area contributed by atoms with Gasteiger partial charge in [-0.1, -0.05) is 354 Å². The van der Waals surface area contributed by atoms with E-state index in [1.807, 2.05) is 133 Å². The Morgan fingerprint density at radius 2 is 0.417 bits per heavy atom. The van der Waals surface area contributed by atoms with Crippen LogP contribution < -0.4 is 0 Å². The first-order valence-electron chi connectivity index (χ1n) is 47.2. The summed E-state index contributed by atoms with van der Waals surface area (Å²) in [5, 5.41) is 9.96. The molecule has 0 spiro atoms. The fourth-order valence-electron chi connectivity index (χ4n) is 20.5. The van der Waals surface area contributed by atoms with Gasteiger partial charge in [0.15, 0.2) is 29.1 Å². The molecule has 654 valence electrons. The van der Waals surface area contributed by atoms with Gasteiger partial charge in [0.2, 0.25) is 0 Å². The van der Waals surface area contributed by atoms with Gasteiger partial charge in [-0.3, -0.25) is 0 Å². The molecule has 0 amide bonds. The molecule has 26 aromatic rings. The summed E-state index contributed by atoms with van der Waals surface area (Å²) in [6.45, 7) is 4.68. The van der Waals surface area contributed by atoms with Crippen LogP contribution in [0.1, 0.15) is 25.0 Å². The highest BCUT2D eigenvalue weighted by atomic mass is 15.0. The van der Waals surface area contributed by atoms with Gasteiger partial charge in [-0.2, -0.15) is 0 Å². The Morgan fingerprint density at radius 1 is 0.151 bits per heavy atom. The molecule has 139 heavy (non-hydrogen) atoms. The van der Waals surface area contributed by atoms with E-state index in [2.05, 4.69) is 390 Å². The highest BCUT2D eigenvalue weighted by Crippen LogP contribution is 2.52. The van der Waals surface area contributed by atoms with E-state index in [1.165, 1.54) is 121 Å². The molecule has 19 aromatic carbocycles. The average Bonchev–Trinajstić information content (AvgIpc) is 1.55. The number of para-hydroxylation sites is 6. The lowest BCUT2D eigenvalue weighted by atomic mass is 9.82. The van der Waals surface area contributed by atoms with E-state index in [1.54, 1.807) is 0 Å². The SMILES string of the molecule is CC1(C)c2ccccc2-c2cc3c4ccccc4n(-c4cccc(-c5nc(-c6ccccc6)nc(-c6ccccc6)n5)c4)c3cc21.c1ccc(-c2cc(-c3ccccc3)nc(-c3ccc(-n4c5ccccc5c5cc(-c6ccc7c(c6)c6ccccc6n7-c6ccccc6)ccc54)cc3)n2)cc1.c1ccc(-c2cc(-c3ccccc3)nc(-c3ccc(-n4c5ccccc5c5ccccc54)cc3)n2)cc1. The van der Waals surface area contributed by atoms with E-state index in [9.17, 15) is 0 Å². The zero-order valence-corrected chi connectivity index (χ0v) is 76.2. The van der Waals surface area contributed by atoms with Crippen molar-refractivity contribution in [3.05, 3.63) is 503 Å². The van der Waals surface area contributed by atoms with Crippen molar-refractivity contribution in [1.29, 1.82) is 0 Å². The van der Waals surface area contributed by atoms with Gasteiger partial charge in [0.05, 0.1) is 66.9 Å². The molecule has 0 bridgehead atoms. The van der Waals surface area contributed by atoms with Crippen LogP contribution in [0.4, 0.5) is 0 Å². The summed E-state index contributed by atoms with van der Waals surface area (Å²) in [6, 6.07) is 173. The van der Waals surface area contributed by atoms with E-state index in [0.717, 1.165) is 95.4 Å². The summed E-state index contributed by atoms with van der Waals surface area (Å²) in [5.41, 5.74) is 34.4. The number of benzene rings is 19. The number of hydrogen-bond acceptors (Lipinski definition) is 7. The first-order chi connectivity index (χ1) is 68.7. The maximum atomic E-state index is 5.06. The third kappa shape index (κ3) is 15.0. The third-order valence-corrected chi connectivity index (χ3v) is 27.2. The minimum atomic E-state index is -0.0875. The van der Waals surface area contributed by atoms with Crippen LogP contribution in [0, 0.1) is 0 Å². The molecule has 0 radical (unpaired) electrons. The Hall–Kier alpha value is -18.5. The van der Waals surface area contributed by atoms with Crippen molar-refractivity contribution >= 4 is 87.2 Å². The second-order valence-corrected chi connectivity index (χ2v) is 35.9. The lowest BCUT2D eigenvalue weighted by Crippen LogP contribution is -2.14. The molecular weight excluding hydrogens is 1690 g/mol. The van der Waals surface area contributed by atoms with E-state index in [0.29, 0.717) is 29.1 Å². The predicted molar refractivity (Wildman–Crippen MR) is 573 cm³/mol. The number of aromatic nitrogens is 11. The molecule has 0 saturated heterocycles. The maximum absolute atomic E-state index is 5.06. The smallest absolute Gasteiger partial charge is 0.164 e. The van der Waals surface area contributed by atoms with E-state index in [-0.39, 0.29) is 5.41 Å². The van der Waals surface area contributed by atoms with Crippen molar-refractivity contribution in [1.82, 2.24) is 53.2 Å². The van der Waals surface area contributed by atoms with Crippen molar-refractivity contribution in [3.8, 4) is 147 Å². The zero-order chi connectivity index (χ0) is 92.4. The van der Waals surface area contributed by atoms with Gasteiger partial charge in [0.25, 0.3) is 0 Å². The fraction of sp³-hybridized carbons (Fsp3) is 0.0234. The Morgan fingerprint density at radius 3 is 0.806 bits per heavy atom. The monoisotopic (exact) mass is 1780 g/mol. The molecule has 0 unspecified atom stereocenters. The lowest BCUT2D eigenvalue weighted by Gasteiger charge is -2.21. The molecule has 11 nitrogen and oxygen atoms in total. The van der Waals surface area contributed by atoms with Crippen LogP contribution in [-0.2, 0) is 5.41 Å². The predicted octanol–water partition coefficient (Wildman–Crippen LogP) is 32.2. The summed E-state index contributed by atoms with van der Waals surface area (Å²) in [7, 11) is 0. The molecule has 0 aliphatic heterocycles. The maximum Gasteiger partial charge on any atom is 0.164 e. The van der Waals surface area contributed by atoms with Gasteiger partial charge in [0.1, 0.15) is 0 Å². The number of fused-ring (bicyclic) bond motifs is 15. The molecule has 7 aromatic heterocycles. The van der Waals surface area contributed by atoms with Crippen LogP contribution in [-0.4, -0.2) is 53.2 Å². The van der Waals surface area contributed by atoms with E-state index >= 15 is 0 Å². The topological polar surface area (TPSA) is 110 Å². The van der Waals surface area contributed by atoms with Crippen molar-refractivity contribution in [2.45, 2.75) is 19.3 Å². The molecule has 11 heteroatoms. The Kier molecular flexibility index (Phi) is 20.7. The van der Waals surface area contributed by atoms with Crippen LogP contribution in [0.25, 0.3) is 234 Å². The van der Waals surface area contributed by atoms with Crippen molar-refractivity contribution < 1.29 is 0 Å². The minimum absolute atomic E-state index is 0.0875. The van der Waals surface area contributed by atoms with Gasteiger partial charge in [-0.25, -0.2) is 34.9 Å². The number of rotatable bonds is 14. The van der Waals surface area contributed by atoms with Crippen LogP contribution in [0.2, 0.25) is 0 Å². The summed E-state index contributed by atoms with van der Waals surface area (Å²) in [4.78, 5) is 35.0. The van der Waals surface area contributed by atoms with Gasteiger partial charge < -0.3 is 18.3 Å². The molecule has 0 atom stereocenters. The zero-order valence-electron chi connectivity index (χ0n) is 76.2. The summed E-state index contributed by atoms with van der Waals surface area (Å²) < 4.78 is 9.45. The molecule has 7 heterocycles. The number of hydrogen-bond donors (Lipinski definition) is 0. The van der Waals surface area contributed by atoms with Gasteiger partial charge in [0, 0.05) is 121 Å². The van der Waals surface area contributed by atoms with Crippen LogP contribution in [0.15, 0.2) is 491 Å². The van der Waals surface area contributed by atoms with Crippen LogP contribution in [0.3, 0.4) is 0 Å². The Bertz CT molecular complexity index is 8950. The highest BCUT2D eigenvalue weighted by molar-refractivity contribution is 6.15. The first kappa shape index (κ1) is 82.5. The molecule has 0 fully saturated rings. The van der Waals surface area contributed by atoms with E-state index < -0.39 is 0 Å². The average molecular weight is 1780 g/mol. The summed E-state index contributed by atoms with van der Waals surface area (Å²) in [5.74, 6) is 3.38. The largest absolute Gasteiger partial charge is 0.309 e. The quantitative estimate of drug-likeness (QED) is 0.107. The van der Waals surface area contributed by atoms with Crippen LogP contribution >= 0.6 is 0 Å². The summed E-state index contributed by atoms with van der Waals surface area (Å²) in [6.07, 6.45) is 0. The molecule has 0 saturated carbocycles. The Labute approximate surface area is 803 Å². The van der Waals surface area contributed by atoms with Crippen molar-refractivity contribution in [2.75, 3.05) is 0 Å². The third-order valence-electron chi connectivity index (χ3n) is 27.2. The van der Waals surface area contributed by atoms with Gasteiger partial charge in [-0.15, -0.1) is 0 Å². The normalized spacial score (nSPS) is 12.0. The second-order valence-electron chi connectivity index (χ2n) is 35.9. The first-order valence-corrected chi connectivity index (χ1v) is 47.2. The molecular formula is C128H87N11. The van der Waals surface area contributed by atoms with Gasteiger partial charge >= 0.3 is 0 Å². The van der Waals surface area contributed by atoms with Gasteiger partial charge in [-0.05, 0) is 185 Å². The molecule has 0 N–H and O–H groups in total. The standard InChI is InChI=1S/C52H34N4.C42H30N4.C34H23N3/c1-4-14-35(15-5-1)46-34-47(36-16-6-2-7-17-36)54-52(53-46)37-24-28-41(29-25-37)56-49-23-13-11-21-43(49)45-33-39(27-31-51(45)56)38-26-30-50-44(32-38)42-20-10-12-22-48(42)55(50)40-18-8-3-9-19-40;1-42(2)35-22-11-9-20-31(35)33-25-34-32-21-10-12-23-37(32)46(38(34)26-36(33)42)30-19-13-18-29(24-30)41-44-39(27-14-5-3-6-15-27)43-40(45-41)28-16-7-4-8-17-28;1-3-11-24(12-4-1)30-23-31(25-13-5-2-6-14-25)36-34(35-30)26-19-21-27(22-20-26)37-32-17-9-7-15-28(32)29-16-8-10-18-33(29)37/h1-34H;3-26H,1-2H3;1-23H. The fourth-order valence-corrected chi connectivity index (χ4v) is 20.5. The van der Waals surface area contributed by atoms with Crippen molar-refractivity contribution in [2.24, 2.45) is 0 Å². The van der Waals surface area contributed by atoms with E-state index in [4.69, 9.17) is 34.9 Å². The second kappa shape index (κ2) is 34.9. The molecule has 1 aliphatic rings. The Balaban J connectivity index is 0.000000113. The number of nitrogens with zero attached hydrogens (tertiary/aromatic N) is 11. The molecule has 27 rings (SSSR count). The van der Waals surface area contributed by atoms with Crippen molar-refractivity contribution in [3.63, 3.8) is 0 Å². The molecule has 1 aliphatic carbocycles.